The van der Waals surface area contributed by atoms with Crippen LogP contribution in [-0.4, -0.2) is 46.3 Å². The van der Waals surface area contributed by atoms with Gasteiger partial charge in [0.25, 0.3) is 5.78 Å². The third-order valence-corrected chi connectivity index (χ3v) is 10.9. The van der Waals surface area contributed by atoms with Crippen LogP contribution in [0.2, 0.25) is 0 Å². The van der Waals surface area contributed by atoms with E-state index in [0.717, 1.165) is 40.5 Å². The molecule has 5 aromatic rings. The molecule has 1 N–H and O–H groups in total. The van der Waals surface area contributed by atoms with Gasteiger partial charge >= 0.3 is 5.91 Å². The molecule has 0 saturated carbocycles. The van der Waals surface area contributed by atoms with Crippen LogP contribution in [0.15, 0.2) is 88.8 Å². The lowest BCUT2D eigenvalue weighted by Crippen LogP contribution is -2.29. The Balaban J connectivity index is 1.27. The Hall–Kier alpha value is -4.87. The minimum atomic E-state index is -0.994. The normalized spacial score (nSPS) is 18.0. The predicted molar refractivity (Wildman–Crippen MR) is 196 cm³/mol. The van der Waals surface area contributed by atoms with Crippen LogP contribution in [0, 0.1) is 0 Å². The van der Waals surface area contributed by atoms with Gasteiger partial charge in [-0.3, -0.25) is 14.5 Å². The zero-order chi connectivity index (χ0) is 34.8. The highest BCUT2D eigenvalue weighted by atomic mass is 32.2. The Morgan fingerprint density at radius 2 is 1.84 bits per heavy atom. The summed E-state index contributed by atoms with van der Waals surface area (Å²) in [6.07, 6.45) is 2.55. The second-order valence-corrected chi connectivity index (χ2v) is 14.4. The number of aliphatic hydroxyl groups excluding tert-OH is 1. The van der Waals surface area contributed by atoms with E-state index in [4.69, 9.17) is 14.2 Å². The van der Waals surface area contributed by atoms with Crippen LogP contribution in [0.4, 0.5) is 5.13 Å². The molecule has 50 heavy (non-hydrogen) atoms. The summed E-state index contributed by atoms with van der Waals surface area (Å²) in [5, 5.41) is 23.2. The van der Waals surface area contributed by atoms with E-state index >= 15 is 0 Å². The van der Waals surface area contributed by atoms with E-state index in [9.17, 15) is 14.7 Å². The number of ether oxygens (including phenoxy) is 3. The van der Waals surface area contributed by atoms with Gasteiger partial charge < -0.3 is 19.3 Å². The van der Waals surface area contributed by atoms with Crippen molar-refractivity contribution in [2.45, 2.75) is 62.3 Å². The van der Waals surface area contributed by atoms with Crippen LogP contribution in [0.3, 0.4) is 0 Å². The first-order valence-electron chi connectivity index (χ1n) is 16.8. The summed E-state index contributed by atoms with van der Waals surface area (Å²) >= 11 is 2.75. The smallest absolute Gasteiger partial charge is 0.301 e. The molecule has 1 saturated heterocycles. The molecule has 2 atom stereocenters. The molecule has 3 heterocycles. The summed E-state index contributed by atoms with van der Waals surface area (Å²) in [7, 11) is 0. The Kier molecular flexibility index (Phi) is 9.78. The molecule has 7 rings (SSSR count). The number of benzene rings is 4. The summed E-state index contributed by atoms with van der Waals surface area (Å²) in [5.74, 6) is 0.575. The minimum Gasteiger partial charge on any atom is -0.507 e. The molecule has 0 aliphatic carbocycles. The van der Waals surface area contributed by atoms with Gasteiger partial charge in [0.2, 0.25) is 5.13 Å². The van der Waals surface area contributed by atoms with Gasteiger partial charge in [0.05, 0.1) is 24.8 Å². The first-order chi connectivity index (χ1) is 24.4. The number of hydrogen-bond acceptors (Lipinski definition) is 10. The summed E-state index contributed by atoms with van der Waals surface area (Å²) in [6, 6.07) is 24.1. The molecule has 9 nitrogen and oxygen atoms in total. The lowest BCUT2D eigenvalue weighted by atomic mass is 9.94. The van der Waals surface area contributed by atoms with Gasteiger partial charge in [-0.2, -0.15) is 0 Å². The van der Waals surface area contributed by atoms with Crippen molar-refractivity contribution < 1.29 is 28.9 Å². The number of ketones is 1. The Bertz CT molecular complexity index is 2110. The highest BCUT2D eigenvalue weighted by Crippen LogP contribution is 2.46. The van der Waals surface area contributed by atoms with Crippen LogP contribution in [0.1, 0.15) is 61.9 Å². The maximum atomic E-state index is 13.9. The van der Waals surface area contributed by atoms with E-state index in [2.05, 4.69) is 41.4 Å². The van der Waals surface area contributed by atoms with Gasteiger partial charge in [-0.05, 0) is 78.1 Å². The maximum Gasteiger partial charge on any atom is 0.301 e. The molecule has 2 aliphatic heterocycles. The zero-order valence-electron chi connectivity index (χ0n) is 28.0. The molecular formula is C39H37N3O6S2. The fraction of sp³-hybridized carbons (Fsp3) is 0.282. The lowest BCUT2D eigenvalue weighted by Gasteiger charge is -2.23. The van der Waals surface area contributed by atoms with Crippen molar-refractivity contribution in [1.29, 1.82) is 0 Å². The number of aliphatic hydroxyl groups is 1. The van der Waals surface area contributed by atoms with E-state index < -0.39 is 17.7 Å². The molecule has 4 aromatic carbocycles. The van der Waals surface area contributed by atoms with Crippen molar-refractivity contribution in [3.05, 3.63) is 107 Å². The molecule has 0 bridgehead atoms. The van der Waals surface area contributed by atoms with Gasteiger partial charge in [0.15, 0.2) is 15.8 Å². The minimum absolute atomic E-state index is 0.00750. The highest BCUT2D eigenvalue weighted by Gasteiger charge is 2.48. The molecule has 1 fully saturated rings. The lowest BCUT2D eigenvalue weighted by molar-refractivity contribution is -0.132. The number of aromatic nitrogens is 2. The molecule has 1 amide bonds. The number of carbonyl (C=O) groups is 2. The van der Waals surface area contributed by atoms with E-state index in [1.54, 1.807) is 30.3 Å². The number of Topliss-reactive ketones (excluding diaryl/α,β-unsaturated/α-hetero) is 1. The van der Waals surface area contributed by atoms with Crippen molar-refractivity contribution in [1.82, 2.24) is 10.2 Å². The van der Waals surface area contributed by atoms with E-state index in [-0.39, 0.29) is 22.6 Å². The second-order valence-electron chi connectivity index (χ2n) is 12.2. The molecule has 2 aliphatic rings. The van der Waals surface area contributed by atoms with Gasteiger partial charge in [0, 0.05) is 17.7 Å². The summed E-state index contributed by atoms with van der Waals surface area (Å²) in [5.41, 5.74) is 3.04. The SMILES string of the molecule is CCCCOc1ccc([C@@H]2/C(=C(\O)c3ccc4c(c3)C[C@H](C)O4)C(=O)C(=O)N2c2nnc(SCc3cccc4ccccc34)s2)cc1OCC. The number of fused-ring (bicyclic) bond motifs is 2. The van der Waals surface area contributed by atoms with Crippen LogP contribution in [0.25, 0.3) is 16.5 Å². The third kappa shape index (κ3) is 6.55. The molecule has 0 radical (unpaired) electrons. The van der Waals surface area contributed by atoms with E-state index in [1.807, 2.05) is 38.1 Å². The monoisotopic (exact) mass is 707 g/mol. The molecule has 256 valence electrons. The fourth-order valence-corrected chi connectivity index (χ4v) is 8.27. The number of carbonyl (C=O) groups excluding carboxylic acids is 2. The molecule has 1 aromatic heterocycles. The summed E-state index contributed by atoms with van der Waals surface area (Å²) in [6.45, 7) is 6.86. The first kappa shape index (κ1) is 33.6. The Labute approximate surface area is 298 Å². The first-order valence-corrected chi connectivity index (χ1v) is 18.6. The van der Waals surface area contributed by atoms with Crippen molar-refractivity contribution in [2.75, 3.05) is 18.1 Å². The number of amides is 1. The number of thioether (sulfide) groups is 1. The van der Waals surface area contributed by atoms with Gasteiger partial charge in [-0.1, -0.05) is 85.0 Å². The summed E-state index contributed by atoms with van der Waals surface area (Å²) < 4.78 is 18.5. The third-order valence-electron chi connectivity index (χ3n) is 8.79. The molecule has 0 spiro atoms. The van der Waals surface area contributed by atoms with E-state index in [0.29, 0.717) is 52.4 Å². The second kappa shape index (κ2) is 14.5. The number of unbranched alkanes of at least 4 members (excludes halogenated alkanes) is 1. The van der Waals surface area contributed by atoms with Crippen molar-refractivity contribution in [3.63, 3.8) is 0 Å². The number of anilines is 1. The predicted octanol–water partition coefficient (Wildman–Crippen LogP) is 8.51. The van der Waals surface area contributed by atoms with Crippen molar-refractivity contribution >= 4 is 56.5 Å². The largest absolute Gasteiger partial charge is 0.507 e. The average Bonchev–Trinajstić information content (AvgIpc) is 3.82. The van der Waals surface area contributed by atoms with Crippen LogP contribution in [-0.2, 0) is 21.8 Å². The fourth-order valence-electron chi connectivity index (χ4n) is 6.39. The summed E-state index contributed by atoms with van der Waals surface area (Å²) in [4.78, 5) is 29.2. The van der Waals surface area contributed by atoms with Crippen molar-refractivity contribution in [3.8, 4) is 17.2 Å². The molecular weight excluding hydrogens is 671 g/mol. The number of rotatable bonds is 12. The number of nitrogens with zero attached hydrogens (tertiary/aromatic N) is 3. The Morgan fingerprint density at radius 1 is 1.00 bits per heavy atom. The van der Waals surface area contributed by atoms with Crippen LogP contribution < -0.4 is 19.1 Å². The van der Waals surface area contributed by atoms with E-state index in [1.165, 1.54) is 28.0 Å². The zero-order valence-corrected chi connectivity index (χ0v) is 29.7. The Morgan fingerprint density at radius 3 is 2.68 bits per heavy atom. The van der Waals surface area contributed by atoms with Crippen molar-refractivity contribution in [2.24, 2.45) is 0 Å². The van der Waals surface area contributed by atoms with Gasteiger partial charge in [-0.25, -0.2) is 0 Å². The molecule has 0 unspecified atom stereocenters. The highest BCUT2D eigenvalue weighted by molar-refractivity contribution is 8.00. The average molecular weight is 708 g/mol. The standard InChI is InChI=1S/C39H37N3O6S2/c1-4-6-18-47-31-17-14-25(21-32(31)46-5-2)34-33(35(43)26-15-16-30-28(20-26)19-23(3)48-30)36(44)37(45)42(34)38-40-41-39(50-38)49-22-27-12-9-11-24-10-7-8-13-29(24)27/h7-17,20-21,23,34,43H,4-6,18-19,22H2,1-3H3/b35-33+/t23-,34+/m0/s1. The van der Waals surface area contributed by atoms with Gasteiger partial charge in [-0.15, -0.1) is 10.2 Å². The van der Waals surface area contributed by atoms with Crippen LogP contribution in [0.5, 0.6) is 17.2 Å². The quantitative estimate of drug-likeness (QED) is 0.0341. The van der Waals surface area contributed by atoms with Gasteiger partial charge in [0.1, 0.15) is 17.6 Å². The number of hydrogen-bond donors (Lipinski definition) is 1. The van der Waals surface area contributed by atoms with Crippen LogP contribution >= 0.6 is 23.1 Å². The topological polar surface area (TPSA) is 111 Å². The molecule has 11 heteroatoms. The maximum absolute atomic E-state index is 13.9.